The van der Waals surface area contributed by atoms with E-state index in [1.165, 1.54) is 4.47 Å². The van der Waals surface area contributed by atoms with Gasteiger partial charge >= 0.3 is 0 Å². The van der Waals surface area contributed by atoms with E-state index in [9.17, 15) is 9.32 Å². The average molecular weight is 287 g/mol. The zero-order valence-electron chi connectivity index (χ0n) is 11.9. The Morgan fingerprint density at radius 1 is 1.42 bits per heavy atom. The fourth-order valence-electron chi connectivity index (χ4n) is 1.93. The maximum absolute atomic E-state index is 12.0. The van der Waals surface area contributed by atoms with E-state index in [-0.39, 0.29) is 6.10 Å². The van der Waals surface area contributed by atoms with Crippen molar-refractivity contribution < 1.29 is 14.2 Å². The van der Waals surface area contributed by atoms with Crippen LogP contribution in [0.2, 0.25) is 0 Å². The highest BCUT2D eigenvalue weighted by molar-refractivity contribution is 7.82. The molecule has 1 N–H and O–H groups in total. The van der Waals surface area contributed by atoms with Gasteiger partial charge in [0.05, 0.1) is 19.8 Å². The van der Waals surface area contributed by atoms with Crippen LogP contribution in [0.4, 0.5) is 0 Å². The minimum atomic E-state index is -1.08. The lowest BCUT2D eigenvalue weighted by Gasteiger charge is -2.19. The van der Waals surface area contributed by atoms with Gasteiger partial charge in [0.1, 0.15) is 11.0 Å². The van der Waals surface area contributed by atoms with E-state index in [2.05, 4.69) is 6.08 Å². The van der Waals surface area contributed by atoms with Crippen molar-refractivity contribution in [1.29, 1.82) is 0 Å². The first-order valence-electron chi connectivity index (χ1n) is 6.84. The van der Waals surface area contributed by atoms with Crippen molar-refractivity contribution in [1.82, 2.24) is 4.47 Å². The number of rotatable bonds is 1. The molecule has 1 heterocycles. The quantitative estimate of drug-likeness (QED) is 0.753. The van der Waals surface area contributed by atoms with Gasteiger partial charge in [-0.25, -0.2) is 4.21 Å². The zero-order chi connectivity index (χ0) is 14.1. The van der Waals surface area contributed by atoms with E-state index in [0.717, 1.165) is 37.7 Å². The molecule has 1 aliphatic heterocycles. The maximum Gasteiger partial charge on any atom is 0.118 e. The van der Waals surface area contributed by atoms with Gasteiger partial charge in [-0.15, -0.1) is 4.47 Å². The molecule has 0 radical (unpaired) electrons. The molecule has 0 aliphatic carbocycles. The van der Waals surface area contributed by atoms with Gasteiger partial charge in [0.2, 0.25) is 0 Å². The number of aliphatic hydroxyl groups excluding tert-OH is 1. The third-order valence-electron chi connectivity index (χ3n) is 3.06. The molecular formula is C14H25NO3S. The number of hydrogen-bond acceptors (Lipinski definition) is 3. The van der Waals surface area contributed by atoms with E-state index in [4.69, 9.17) is 4.84 Å². The van der Waals surface area contributed by atoms with Crippen LogP contribution in [0, 0.1) is 0 Å². The molecule has 2 atom stereocenters. The van der Waals surface area contributed by atoms with Crippen LogP contribution < -0.4 is 0 Å². The number of nitrogens with zero attached hydrogens (tertiary/aromatic N) is 1. The third kappa shape index (κ3) is 7.01. The van der Waals surface area contributed by atoms with Crippen LogP contribution in [0.1, 0.15) is 39.0 Å². The molecule has 0 saturated carbocycles. The Balaban J connectivity index is 2.64. The highest BCUT2D eigenvalue weighted by atomic mass is 32.2. The number of allylic oxidation sites excluding steroid dienone is 2. The maximum atomic E-state index is 12.0. The van der Waals surface area contributed by atoms with E-state index in [1.54, 1.807) is 7.11 Å². The standard InChI is InChI=1S/C14H25NO3S/c1-13-8-7-10-14(16)9-5-3-4-6-11-19(17)15(12-13)18-2/h5,8-9,14,16H,3-4,6-7,10-12H2,1-2H3/b9-5+,13-8-. The molecule has 1 aliphatic rings. The topological polar surface area (TPSA) is 49.8 Å². The second-order valence-electron chi connectivity index (χ2n) is 4.82. The molecule has 0 aromatic rings. The van der Waals surface area contributed by atoms with E-state index in [0.29, 0.717) is 12.3 Å². The zero-order valence-corrected chi connectivity index (χ0v) is 12.7. The second kappa shape index (κ2) is 9.42. The normalized spacial score (nSPS) is 33.1. The Kier molecular flexibility index (Phi) is 8.21. The summed E-state index contributed by atoms with van der Waals surface area (Å²) in [5.41, 5.74) is 1.11. The fourth-order valence-corrected chi connectivity index (χ4v) is 3.10. The third-order valence-corrected chi connectivity index (χ3v) is 4.43. The smallest absolute Gasteiger partial charge is 0.118 e. The van der Waals surface area contributed by atoms with E-state index in [1.807, 2.05) is 19.1 Å². The van der Waals surface area contributed by atoms with Crippen molar-refractivity contribution in [3.05, 3.63) is 23.8 Å². The lowest BCUT2D eigenvalue weighted by atomic mass is 10.1. The van der Waals surface area contributed by atoms with Crippen molar-refractivity contribution >= 4 is 11.0 Å². The van der Waals surface area contributed by atoms with Crippen LogP contribution in [0.5, 0.6) is 0 Å². The van der Waals surface area contributed by atoms with Crippen molar-refractivity contribution in [2.24, 2.45) is 0 Å². The van der Waals surface area contributed by atoms with Crippen molar-refractivity contribution in [3.63, 3.8) is 0 Å². The molecule has 0 aromatic heterocycles. The van der Waals surface area contributed by atoms with Gasteiger partial charge < -0.3 is 5.11 Å². The van der Waals surface area contributed by atoms with Crippen LogP contribution in [0.25, 0.3) is 0 Å². The molecule has 0 amide bonds. The van der Waals surface area contributed by atoms with E-state index >= 15 is 0 Å². The molecule has 0 saturated heterocycles. The van der Waals surface area contributed by atoms with E-state index < -0.39 is 11.0 Å². The Hall–Kier alpha value is -0.490. The Morgan fingerprint density at radius 2 is 2.21 bits per heavy atom. The number of hydroxylamine groups is 1. The lowest BCUT2D eigenvalue weighted by Crippen LogP contribution is -2.28. The molecule has 5 heteroatoms. The molecule has 2 unspecified atom stereocenters. The number of hydrogen-bond donors (Lipinski definition) is 1. The Morgan fingerprint density at radius 3 is 2.95 bits per heavy atom. The fraction of sp³-hybridized carbons (Fsp3) is 0.714. The summed E-state index contributed by atoms with van der Waals surface area (Å²) in [5, 5.41) is 9.75. The summed E-state index contributed by atoms with van der Waals surface area (Å²) in [4.78, 5) is 5.18. The SMILES string of the molecule is CON1C/C(C)=C\CCC(O)/C=C/CCCCS1=O. The predicted molar refractivity (Wildman–Crippen MR) is 78.7 cm³/mol. The minimum absolute atomic E-state index is 0.361. The largest absolute Gasteiger partial charge is 0.389 e. The molecule has 0 spiro atoms. The first kappa shape index (κ1) is 16.6. The highest BCUT2D eigenvalue weighted by Crippen LogP contribution is 2.10. The van der Waals surface area contributed by atoms with Gasteiger partial charge in [-0.2, -0.15) is 0 Å². The van der Waals surface area contributed by atoms with Crippen LogP contribution in [0.15, 0.2) is 23.8 Å². The van der Waals surface area contributed by atoms with Crippen molar-refractivity contribution in [3.8, 4) is 0 Å². The summed E-state index contributed by atoms with van der Waals surface area (Å²) in [6, 6.07) is 0. The summed E-state index contributed by atoms with van der Waals surface area (Å²) >= 11 is 0. The average Bonchev–Trinajstić information content (AvgIpc) is 2.38. The van der Waals surface area contributed by atoms with Crippen LogP contribution in [-0.4, -0.2) is 39.3 Å². The molecule has 110 valence electrons. The monoisotopic (exact) mass is 287 g/mol. The van der Waals surface area contributed by atoms with Crippen LogP contribution >= 0.6 is 0 Å². The first-order valence-corrected chi connectivity index (χ1v) is 8.11. The summed E-state index contributed by atoms with van der Waals surface area (Å²) < 4.78 is 13.6. The molecule has 4 nitrogen and oxygen atoms in total. The predicted octanol–water partition coefficient (Wildman–Crippen LogP) is 2.34. The van der Waals surface area contributed by atoms with Gasteiger partial charge in [-0.3, -0.25) is 4.84 Å². The first-order chi connectivity index (χ1) is 9.13. The van der Waals surface area contributed by atoms with Gasteiger partial charge in [-0.05, 0) is 39.0 Å². The molecule has 1 rings (SSSR count). The Bertz CT molecular complexity index is 342. The lowest BCUT2D eigenvalue weighted by molar-refractivity contribution is -0.0358. The molecule has 19 heavy (non-hydrogen) atoms. The molecule has 0 bridgehead atoms. The molecule has 0 fully saturated rings. The van der Waals surface area contributed by atoms with Gasteiger partial charge in [0, 0.05) is 5.75 Å². The molecular weight excluding hydrogens is 262 g/mol. The van der Waals surface area contributed by atoms with Crippen LogP contribution in [-0.2, 0) is 15.8 Å². The van der Waals surface area contributed by atoms with Gasteiger partial charge in [0.25, 0.3) is 0 Å². The summed E-state index contributed by atoms with van der Waals surface area (Å²) in [5.74, 6) is 0.623. The second-order valence-corrected chi connectivity index (χ2v) is 6.28. The molecule has 0 aromatic carbocycles. The number of aliphatic hydroxyl groups is 1. The summed E-state index contributed by atoms with van der Waals surface area (Å²) in [6.07, 6.45) is 9.96. The summed E-state index contributed by atoms with van der Waals surface area (Å²) in [6.45, 7) is 2.55. The Labute approximate surface area is 118 Å². The highest BCUT2D eigenvalue weighted by Gasteiger charge is 2.13. The minimum Gasteiger partial charge on any atom is -0.389 e. The van der Waals surface area contributed by atoms with Crippen LogP contribution in [0.3, 0.4) is 0 Å². The summed E-state index contributed by atoms with van der Waals surface area (Å²) in [7, 11) is 0.477. The van der Waals surface area contributed by atoms with Crippen molar-refractivity contribution in [2.45, 2.75) is 45.1 Å². The van der Waals surface area contributed by atoms with Gasteiger partial charge in [-0.1, -0.05) is 23.8 Å². The van der Waals surface area contributed by atoms with Gasteiger partial charge in [0.15, 0.2) is 0 Å². The van der Waals surface area contributed by atoms with Crippen molar-refractivity contribution in [2.75, 3.05) is 19.4 Å².